The van der Waals surface area contributed by atoms with E-state index >= 15 is 0 Å². The molecule has 0 aromatic heterocycles. The molecule has 0 saturated heterocycles. The molecule has 0 aliphatic heterocycles. The van der Waals surface area contributed by atoms with Gasteiger partial charge in [-0.1, -0.05) is 31.4 Å². The van der Waals surface area contributed by atoms with E-state index in [4.69, 9.17) is 11.6 Å². The van der Waals surface area contributed by atoms with Crippen LogP contribution in [-0.2, 0) is 0 Å². The minimum absolute atomic E-state index is 0.812. The molecule has 2 atom stereocenters. The van der Waals surface area contributed by atoms with Gasteiger partial charge in [0.1, 0.15) is 0 Å². The average Bonchev–Trinajstić information content (AvgIpc) is 2.36. The van der Waals surface area contributed by atoms with Crippen LogP contribution in [0, 0.1) is 11.8 Å². The molecular weight excluding hydrogens is 256 g/mol. The Morgan fingerprint density at radius 1 is 1.32 bits per heavy atom. The molecule has 0 amide bonds. The Kier molecular flexibility index (Phi) is 4.98. The Morgan fingerprint density at radius 2 is 2.11 bits per heavy atom. The fourth-order valence-corrected chi connectivity index (χ4v) is 3.34. The van der Waals surface area contributed by atoms with Gasteiger partial charge < -0.3 is 10.2 Å². The van der Waals surface area contributed by atoms with Crippen LogP contribution < -0.4 is 10.2 Å². The molecule has 1 aromatic carbocycles. The van der Waals surface area contributed by atoms with E-state index in [0.29, 0.717) is 0 Å². The molecule has 2 rings (SSSR count). The summed E-state index contributed by atoms with van der Waals surface area (Å²) < 4.78 is 0. The van der Waals surface area contributed by atoms with Crippen LogP contribution in [0.2, 0.25) is 5.02 Å². The van der Waals surface area contributed by atoms with Crippen LogP contribution in [0.25, 0.3) is 0 Å². The van der Waals surface area contributed by atoms with Gasteiger partial charge in [-0.2, -0.15) is 0 Å². The Hall–Kier alpha value is -0.890. The summed E-state index contributed by atoms with van der Waals surface area (Å²) >= 11 is 6.29. The predicted octanol–water partition coefficient (Wildman–Crippen LogP) is 4.64. The highest BCUT2D eigenvalue weighted by Crippen LogP contribution is 2.30. The van der Waals surface area contributed by atoms with Gasteiger partial charge in [-0.15, -0.1) is 0 Å². The lowest BCUT2D eigenvalue weighted by Gasteiger charge is -2.27. The lowest BCUT2D eigenvalue weighted by Crippen LogP contribution is -2.21. The maximum atomic E-state index is 6.29. The fraction of sp³-hybridized carbons (Fsp3) is 0.625. The number of hydrogen-bond donors (Lipinski definition) is 1. The minimum Gasteiger partial charge on any atom is -0.385 e. The van der Waals surface area contributed by atoms with Gasteiger partial charge in [0.05, 0.1) is 10.7 Å². The van der Waals surface area contributed by atoms with E-state index in [9.17, 15) is 0 Å². The van der Waals surface area contributed by atoms with Gasteiger partial charge in [-0.3, -0.25) is 0 Å². The number of hydrogen-bond acceptors (Lipinski definition) is 2. The summed E-state index contributed by atoms with van der Waals surface area (Å²) in [5.74, 6) is 1.70. The molecule has 1 N–H and O–H groups in total. The second-order valence-electron chi connectivity index (χ2n) is 6.08. The molecule has 1 aliphatic rings. The number of rotatable bonds is 4. The topological polar surface area (TPSA) is 15.3 Å². The second-order valence-corrected chi connectivity index (χ2v) is 6.49. The highest BCUT2D eigenvalue weighted by molar-refractivity contribution is 6.33. The first-order valence-corrected chi connectivity index (χ1v) is 7.65. The van der Waals surface area contributed by atoms with Crippen molar-refractivity contribution in [3.63, 3.8) is 0 Å². The van der Waals surface area contributed by atoms with Crippen molar-refractivity contribution in [1.82, 2.24) is 0 Å². The Morgan fingerprint density at radius 3 is 2.74 bits per heavy atom. The van der Waals surface area contributed by atoms with E-state index in [1.807, 2.05) is 25.1 Å². The summed E-state index contributed by atoms with van der Waals surface area (Å²) in [5, 5.41) is 4.35. The van der Waals surface area contributed by atoms with Gasteiger partial charge in [0.15, 0.2) is 0 Å². The zero-order valence-corrected chi connectivity index (χ0v) is 13.0. The van der Waals surface area contributed by atoms with Crippen LogP contribution in [0.5, 0.6) is 0 Å². The van der Waals surface area contributed by atoms with Crippen LogP contribution >= 0.6 is 11.6 Å². The summed E-state index contributed by atoms with van der Waals surface area (Å²) in [4.78, 5) is 2.04. The Bertz CT molecular complexity index is 417. The van der Waals surface area contributed by atoms with Crippen molar-refractivity contribution >= 4 is 23.0 Å². The molecule has 19 heavy (non-hydrogen) atoms. The highest BCUT2D eigenvalue weighted by Gasteiger charge is 2.18. The van der Waals surface area contributed by atoms with E-state index in [-0.39, 0.29) is 0 Å². The summed E-state index contributed by atoms with van der Waals surface area (Å²) in [5.41, 5.74) is 2.20. The lowest BCUT2D eigenvalue weighted by atomic mass is 9.82. The van der Waals surface area contributed by atoms with E-state index in [1.165, 1.54) is 25.7 Å². The van der Waals surface area contributed by atoms with Crippen molar-refractivity contribution in [2.24, 2.45) is 11.8 Å². The van der Waals surface area contributed by atoms with Crippen LogP contribution in [0.15, 0.2) is 18.2 Å². The van der Waals surface area contributed by atoms with Gasteiger partial charge in [-0.25, -0.2) is 0 Å². The van der Waals surface area contributed by atoms with Crippen molar-refractivity contribution in [1.29, 1.82) is 0 Å². The first kappa shape index (κ1) is 14.5. The van der Waals surface area contributed by atoms with Gasteiger partial charge in [0, 0.05) is 26.3 Å². The third-order valence-corrected chi connectivity index (χ3v) is 4.37. The summed E-state index contributed by atoms with van der Waals surface area (Å²) in [6.45, 7) is 3.44. The lowest BCUT2D eigenvalue weighted by molar-refractivity contribution is 0.293. The van der Waals surface area contributed by atoms with E-state index in [2.05, 4.69) is 24.4 Å². The van der Waals surface area contributed by atoms with E-state index in [0.717, 1.165) is 34.8 Å². The molecule has 2 nitrogen and oxygen atoms in total. The average molecular weight is 281 g/mol. The molecule has 3 heteroatoms. The van der Waals surface area contributed by atoms with Crippen molar-refractivity contribution in [2.75, 3.05) is 30.9 Å². The smallest absolute Gasteiger partial charge is 0.0659 e. The Labute approximate surface area is 122 Å². The third-order valence-electron chi connectivity index (χ3n) is 4.07. The standard InChI is InChI=1S/C16H25ClN2/c1-12-5-4-6-13(9-12)11-18-14-7-8-16(19(2)3)15(17)10-14/h7-8,10,12-13,18H,4-6,9,11H2,1-3H3. The molecule has 1 saturated carbocycles. The van der Waals surface area contributed by atoms with Crippen LogP contribution in [0.3, 0.4) is 0 Å². The number of anilines is 2. The number of nitrogens with one attached hydrogen (secondary N) is 1. The molecule has 1 aromatic rings. The van der Waals surface area contributed by atoms with Crippen LogP contribution in [0.4, 0.5) is 11.4 Å². The normalized spacial score (nSPS) is 23.2. The first-order valence-electron chi connectivity index (χ1n) is 7.27. The Balaban J connectivity index is 1.91. The quantitative estimate of drug-likeness (QED) is 0.864. The molecule has 106 valence electrons. The van der Waals surface area contributed by atoms with Gasteiger partial charge >= 0.3 is 0 Å². The maximum Gasteiger partial charge on any atom is 0.0659 e. The minimum atomic E-state index is 0.812. The highest BCUT2D eigenvalue weighted by atomic mass is 35.5. The maximum absolute atomic E-state index is 6.29. The molecule has 2 unspecified atom stereocenters. The molecule has 0 heterocycles. The number of nitrogens with zero attached hydrogens (tertiary/aromatic N) is 1. The van der Waals surface area contributed by atoms with Gasteiger partial charge in [0.25, 0.3) is 0 Å². The van der Waals surface area contributed by atoms with E-state index in [1.54, 1.807) is 0 Å². The van der Waals surface area contributed by atoms with Crippen molar-refractivity contribution in [2.45, 2.75) is 32.6 Å². The molecule has 0 spiro atoms. The molecule has 0 bridgehead atoms. The van der Waals surface area contributed by atoms with Gasteiger partial charge in [0.2, 0.25) is 0 Å². The van der Waals surface area contributed by atoms with Crippen LogP contribution in [0.1, 0.15) is 32.6 Å². The fourth-order valence-electron chi connectivity index (χ4n) is 2.99. The largest absolute Gasteiger partial charge is 0.385 e. The van der Waals surface area contributed by atoms with Crippen LogP contribution in [-0.4, -0.2) is 20.6 Å². The van der Waals surface area contributed by atoms with E-state index < -0.39 is 0 Å². The zero-order valence-electron chi connectivity index (χ0n) is 12.2. The summed E-state index contributed by atoms with van der Waals surface area (Å²) in [6.07, 6.45) is 5.51. The molecule has 1 aliphatic carbocycles. The van der Waals surface area contributed by atoms with Crippen molar-refractivity contribution in [3.8, 4) is 0 Å². The number of benzene rings is 1. The van der Waals surface area contributed by atoms with Gasteiger partial charge in [-0.05, 0) is 42.9 Å². The summed E-state index contributed by atoms with van der Waals surface area (Å²) in [6, 6.07) is 6.23. The SMILES string of the molecule is CC1CCCC(CNc2ccc(N(C)C)c(Cl)c2)C1. The monoisotopic (exact) mass is 280 g/mol. The molecular formula is C16H25ClN2. The zero-order chi connectivity index (χ0) is 13.8. The third kappa shape index (κ3) is 4.04. The second kappa shape index (κ2) is 6.51. The predicted molar refractivity (Wildman–Crippen MR) is 85.4 cm³/mol. The number of halogens is 1. The molecule has 0 radical (unpaired) electrons. The first-order chi connectivity index (χ1) is 9.06. The molecule has 1 fully saturated rings. The summed E-state index contributed by atoms with van der Waals surface area (Å²) in [7, 11) is 4.02. The van der Waals surface area contributed by atoms with Crippen molar-refractivity contribution < 1.29 is 0 Å². The van der Waals surface area contributed by atoms with Crippen molar-refractivity contribution in [3.05, 3.63) is 23.2 Å².